The molecule has 64 valence electrons. The van der Waals surface area contributed by atoms with E-state index in [1.54, 1.807) is 18.2 Å². The first kappa shape index (κ1) is 9.23. The van der Waals surface area contributed by atoms with Crippen LogP contribution in [0, 0.1) is 0 Å². The Hall–Kier alpha value is -0.860. The number of ketones is 1. The highest BCUT2D eigenvalue weighted by molar-refractivity contribution is 6.31. The van der Waals surface area contributed by atoms with Gasteiger partial charge < -0.3 is 5.11 Å². The van der Waals surface area contributed by atoms with Gasteiger partial charge in [-0.3, -0.25) is 4.79 Å². The lowest BCUT2D eigenvalue weighted by Crippen LogP contribution is -2.15. The van der Waals surface area contributed by atoms with Gasteiger partial charge in [0.2, 0.25) is 0 Å². The van der Waals surface area contributed by atoms with Gasteiger partial charge in [0.05, 0.1) is 0 Å². The Balaban J connectivity index is 2.96. The molecule has 0 aliphatic rings. The van der Waals surface area contributed by atoms with Gasteiger partial charge in [-0.15, -0.1) is 0 Å². The molecule has 1 aromatic rings. The lowest BCUT2D eigenvalue weighted by Gasteiger charge is -2.02. The number of aliphatic hydroxyl groups excluding tert-OH is 1. The van der Waals surface area contributed by atoms with Gasteiger partial charge in [-0.1, -0.05) is 23.7 Å². The fraction of sp³-hybridized carbons (Fsp3) is 0.222. The normalized spacial score (nSPS) is 12.6. The van der Waals surface area contributed by atoms with Crippen molar-refractivity contribution in [1.29, 1.82) is 0 Å². The van der Waals surface area contributed by atoms with E-state index < -0.39 is 6.10 Å². The first-order valence-electron chi connectivity index (χ1n) is 3.59. The fourth-order valence-corrected chi connectivity index (χ4v) is 1.07. The molecule has 0 spiro atoms. The van der Waals surface area contributed by atoms with Gasteiger partial charge in [-0.2, -0.15) is 0 Å². The summed E-state index contributed by atoms with van der Waals surface area (Å²) in [7, 11) is 0. The Labute approximate surface area is 75.8 Å². The van der Waals surface area contributed by atoms with Crippen LogP contribution in [-0.2, 0) is 0 Å². The van der Waals surface area contributed by atoms with Crippen molar-refractivity contribution < 1.29 is 9.90 Å². The molecule has 0 aliphatic carbocycles. The first-order chi connectivity index (χ1) is 5.61. The second-order valence-electron chi connectivity index (χ2n) is 2.55. The van der Waals surface area contributed by atoms with Crippen LogP contribution < -0.4 is 0 Å². The number of benzene rings is 1. The Morgan fingerprint density at radius 2 is 2.25 bits per heavy atom. The van der Waals surface area contributed by atoms with Crippen LogP contribution in [0.1, 0.15) is 17.3 Å². The van der Waals surface area contributed by atoms with E-state index in [2.05, 4.69) is 0 Å². The lowest BCUT2D eigenvalue weighted by molar-refractivity contribution is 0.0779. The van der Waals surface area contributed by atoms with Crippen molar-refractivity contribution in [2.45, 2.75) is 13.0 Å². The average Bonchev–Trinajstić information content (AvgIpc) is 2.03. The standard InChI is InChI=1S/C9H9ClO2/c1-6(11)9(12)7-3-2-4-8(10)5-7/h2-6,11H,1H3. The Morgan fingerprint density at radius 1 is 1.58 bits per heavy atom. The maximum atomic E-state index is 11.2. The lowest BCUT2D eigenvalue weighted by atomic mass is 10.1. The third kappa shape index (κ3) is 2.06. The van der Waals surface area contributed by atoms with Crippen LogP contribution >= 0.6 is 11.6 Å². The van der Waals surface area contributed by atoms with Gasteiger partial charge in [-0.25, -0.2) is 0 Å². The van der Waals surface area contributed by atoms with Crippen LogP contribution in [-0.4, -0.2) is 17.0 Å². The predicted molar refractivity (Wildman–Crippen MR) is 47.5 cm³/mol. The minimum atomic E-state index is -0.969. The molecule has 0 aliphatic heterocycles. The number of hydrogen-bond acceptors (Lipinski definition) is 2. The highest BCUT2D eigenvalue weighted by Crippen LogP contribution is 2.12. The zero-order valence-corrected chi connectivity index (χ0v) is 7.38. The summed E-state index contributed by atoms with van der Waals surface area (Å²) in [6.45, 7) is 1.43. The number of aliphatic hydroxyl groups is 1. The zero-order chi connectivity index (χ0) is 9.14. The maximum absolute atomic E-state index is 11.2. The molecule has 0 bridgehead atoms. The molecular weight excluding hydrogens is 176 g/mol. The smallest absolute Gasteiger partial charge is 0.191 e. The van der Waals surface area contributed by atoms with Crippen molar-refractivity contribution >= 4 is 17.4 Å². The van der Waals surface area contributed by atoms with Crippen molar-refractivity contribution in [1.82, 2.24) is 0 Å². The molecular formula is C9H9ClO2. The highest BCUT2D eigenvalue weighted by Gasteiger charge is 2.11. The highest BCUT2D eigenvalue weighted by atomic mass is 35.5. The molecule has 1 rings (SSSR count). The van der Waals surface area contributed by atoms with Crippen molar-refractivity contribution in [2.24, 2.45) is 0 Å². The molecule has 0 heterocycles. The number of carbonyl (C=O) groups is 1. The van der Waals surface area contributed by atoms with Crippen molar-refractivity contribution in [3.8, 4) is 0 Å². The van der Waals surface area contributed by atoms with Crippen molar-refractivity contribution in [3.63, 3.8) is 0 Å². The van der Waals surface area contributed by atoms with Gasteiger partial charge in [0.25, 0.3) is 0 Å². The molecule has 0 fully saturated rings. The molecule has 0 amide bonds. The van der Waals surface area contributed by atoms with Crippen molar-refractivity contribution in [2.75, 3.05) is 0 Å². The predicted octanol–water partition coefficient (Wildman–Crippen LogP) is 1.90. The molecule has 0 radical (unpaired) electrons. The van der Waals surface area contributed by atoms with E-state index in [9.17, 15) is 4.79 Å². The zero-order valence-electron chi connectivity index (χ0n) is 6.62. The fourth-order valence-electron chi connectivity index (χ4n) is 0.883. The summed E-state index contributed by atoms with van der Waals surface area (Å²) in [5, 5.41) is 9.47. The third-order valence-corrected chi connectivity index (χ3v) is 1.72. The SMILES string of the molecule is CC(O)C(=O)c1cccc(Cl)c1. The van der Waals surface area contributed by atoms with E-state index in [1.807, 2.05) is 0 Å². The molecule has 1 N–H and O–H groups in total. The average molecular weight is 185 g/mol. The van der Waals surface area contributed by atoms with Crippen LogP contribution in [0.4, 0.5) is 0 Å². The number of hydrogen-bond donors (Lipinski definition) is 1. The number of Topliss-reactive ketones (excluding diaryl/α,β-unsaturated/α-hetero) is 1. The quantitative estimate of drug-likeness (QED) is 0.713. The molecule has 0 saturated carbocycles. The van der Waals surface area contributed by atoms with Crippen LogP contribution in [0.25, 0.3) is 0 Å². The summed E-state index contributed by atoms with van der Waals surface area (Å²) < 4.78 is 0. The van der Waals surface area contributed by atoms with Crippen LogP contribution in [0.5, 0.6) is 0 Å². The minimum absolute atomic E-state index is 0.308. The van der Waals surface area contributed by atoms with Gasteiger partial charge >= 0.3 is 0 Å². The van der Waals surface area contributed by atoms with Crippen LogP contribution in [0.2, 0.25) is 5.02 Å². The van der Waals surface area contributed by atoms with Gasteiger partial charge in [-0.05, 0) is 19.1 Å². The van der Waals surface area contributed by atoms with Crippen molar-refractivity contribution in [3.05, 3.63) is 34.9 Å². The third-order valence-electron chi connectivity index (χ3n) is 1.49. The molecule has 0 saturated heterocycles. The number of halogens is 1. The second kappa shape index (κ2) is 3.70. The van der Waals surface area contributed by atoms with Gasteiger partial charge in [0.1, 0.15) is 6.10 Å². The van der Waals surface area contributed by atoms with Crippen LogP contribution in [0.3, 0.4) is 0 Å². The van der Waals surface area contributed by atoms with E-state index >= 15 is 0 Å². The Bertz CT molecular complexity index is 294. The maximum Gasteiger partial charge on any atom is 0.191 e. The van der Waals surface area contributed by atoms with Gasteiger partial charge in [0.15, 0.2) is 5.78 Å². The summed E-state index contributed by atoms with van der Waals surface area (Å²) in [5.41, 5.74) is 0.442. The summed E-state index contributed by atoms with van der Waals surface area (Å²) in [6, 6.07) is 6.52. The first-order valence-corrected chi connectivity index (χ1v) is 3.97. The van der Waals surface area contributed by atoms with E-state index in [0.29, 0.717) is 10.6 Å². The van der Waals surface area contributed by atoms with E-state index in [1.165, 1.54) is 13.0 Å². The minimum Gasteiger partial charge on any atom is -0.385 e. The van der Waals surface area contributed by atoms with E-state index in [4.69, 9.17) is 16.7 Å². The largest absolute Gasteiger partial charge is 0.385 e. The number of carbonyl (C=O) groups excluding carboxylic acids is 1. The molecule has 1 atom stereocenters. The molecule has 0 aromatic heterocycles. The summed E-state index contributed by atoms with van der Waals surface area (Å²) in [5.74, 6) is -0.308. The van der Waals surface area contributed by atoms with E-state index in [0.717, 1.165) is 0 Å². The summed E-state index contributed by atoms with van der Waals surface area (Å²) in [6.07, 6.45) is -0.969. The summed E-state index contributed by atoms with van der Waals surface area (Å²) in [4.78, 5) is 11.2. The summed E-state index contributed by atoms with van der Waals surface area (Å²) >= 11 is 5.66. The molecule has 1 aromatic carbocycles. The molecule has 12 heavy (non-hydrogen) atoms. The Kier molecular flexibility index (Phi) is 2.84. The molecule has 2 nitrogen and oxygen atoms in total. The monoisotopic (exact) mass is 184 g/mol. The molecule has 1 unspecified atom stereocenters. The van der Waals surface area contributed by atoms with Gasteiger partial charge in [0, 0.05) is 10.6 Å². The van der Waals surface area contributed by atoms with Crippen LogP contribution in [0.15, 0.2) is 24.3 Å². The number of rotatable bonds is 2. The van der Waals surface area contributed by atoms with E-state index in [-0.39, 0.29) is 5.78 Å². The second-order valence-corrected chi connectivity index (χ2v) is 2.99. The Morgan fingerprint density at radius 3 is 2.75 bits per heavy atom. The molecule has 3 heteroatoms. The topological polar surface area (TPSA) is 37.3 Å².